The molecule has 4 nitrogen and oxygen atoms in total. The third-order valence-electron chi connectivity index (χ3n) is 3.23. The summed E-state index contributed by atoms with van der Waals surface area (Å²) in [5.74, 6) is -1.21. The van der Waals surface area contributed by atoms with Gasteiger partial charge in [0, 0.05) is 17.5 Å². The highest BCUT2D eigenvalue weighted by Gasteiger charge is 2.37. The smallest absolute Gasteiger partial charge is 0.310 e. The van der Waals surface area contributed by atoms with E-state index in [2.05, 4.69) is 4.90 Å². The maximum atomic E-state index is 11.2. The molecule has 1 aromatic heterocycles. The Morgan fingerprint density at radius 3 is 2.94 bits per heavy atom. The van der Waals surface area contributed by atoms with Crippen LogP contribution in [0.25, 0.3) is 0 Å². The molecule has 0 saturated carbocycles. The summed E-state index contributed by atoms with van der Waals surface area (Å²) in [7, 11) is 0. The number of carboxylic acids is 1. The molecule has 2 heterocycles. The van der Waals surface area contributed by atoms with Crippen molar-refractivity contribution < 1.29 is 14.6 Å². The number of hydrogen-bond donors (Lipinski definition) is 1. The van der Waals surface area contributed by atoms with Crippen molar-refractivity contribution in [1.29, 1.82) is 0 Å². The van der Waals surface area contributed by atoms with Crippen molar-refractivity contribution in [3.05, 3.63) is 21.3 Å². The lowest BCUT2D eigenvalue weighted by atomic mass is 10.0. The predicted octanol–water partition coefficient (Wildman–Crippen LogP) is 2.32. The number of carboxylic acid groups (broad SMARTS) is 1. The van der Waals surface area contributed by atoms with E-state index in [-0.39, 0.29) is 6.04 Å². The van der Waals surface area contributed by atoms with E-state index in [9.17, 15) is 9.90 Å². The van der Waals surface area contributed by atoms with Gasteiger partial charge in [-0.1, -0.05) is 18.5 Å². The average molecular weight is 290 g/mol. The molecule has 0 amide bonds. The van der Waals surface area contributed by atoms with E-state index in [1.165, 1.54) is 11.3 Å². The van der Waals surface area contributed by atoms with Crippen LogP contribution in [0.4, 0.5) is 0 Å². The molecule has 2 atom stereocenters. The van der Waals surface area contributed by atoms with Crippen molar-refractivity contribution in [2.24, 2.45) is 5.92 Å². The summed E-state index contributed by atoms with van der Waals surface area (Å²) in [5.41, 5.74) is 0. The molecule has 0 radical (unpaired) electrons. The molecular formula is C12H16ClNO3S. The number of rotatable bonds is 5. The van der Waals surface area contributed by atoms with Crippen LogP contribution in [0.5, 0.6) is 0 Å². The van der Waals surface area contributed by atoms with E-state index in [0.717, 1.165) is 22.3 Å². The molecule has 2 unspecified atom stereocenters. The first kappa shape index (κ1) is 13.8. The Bertz CT molecular complexity index is 423. The first-order valence-corrected chi connectivity index (χ1v) is 7.10. The van der Waals surface area contributed by atoms with Crippen molar-refractivity contribution in [3.8, 4) is 0 Å². The molecule has 0 aromatic carbocycles. The molecule has 1 aliphatic heterocycles. The summed E-state index contributed by atoms with van der Waals surface area (Å²) >= 11 is 7.44. The third kappa shape index (κ3) is 3.03. The van der Waals surface area contributed by atoms with E-state index < -0.39 is 11.9 Å². The monoisotopic (exact) mass is 289 g/mol. The summed E-state index contributed by atoms with van der Waals surface area (Å²) in [6, 6.07) is 3.81. The minimum absolute atomic E-state index is 0.0478. The second kappa shape index (κ2) is 6.02. The molecule has 1 aliphatic rings. The lowest BCUT2D eigenvalue weighted by Crippen LogP contribution is -2.42. The Morgan fingerprint density at radius 2 is 2.39 bits per heavy atom. The van der Waals surface area contributed by atoms with E-state index in [0.29, 0.717) is 13.2 Å². The van der Waals surface area contributed by atoms with E-state index in [4.69, 9.17) is 16.3 Å². The number of thiophene rings is 1. The highest BCUT2D eigenvalue weighted by molar-refractivity contribution is 7.16. The van der Waals surface area contributed by atoms with Gasteiger partial charge in [0.25, 0.3) is 0 Å². The molecular weight excluding hydrogens is 274 g/mol. The minimum Gasteiger partial charge on any atom is -0.481 e. The Balaban J connectivity index is 2.06. The molecule has 100 valence electrons. The summed E-state index contributed by atoms with van der Waals surface area (Å²) < 4.78 is 6.07. The first-order chi connectivity index (χ1) is 8.61. The van der Waals surface area contributed by atoms with Gasteiger partial charge in [0.2, 0.25) is 0 Å². The van der Waals surface area contributed by atoms with E-state index in [1.54, 1.807) is 0 Å². The third-order valence-corrected chi connectivity index (χ3v) is 4.45. The number of carbonyl (C=O) groups is 1. The Labute approximate surface area is 115 Å². The summed E-state index contributed by atoms with van der Waals surface area (Å²) in [6.07, 6.45) is 0. The fourth-order valence-corrected chi connectivity index (χ4v) is 3.35. The summed E-state index contributed by atoms with van der Waals surface area (Å²) in [6.45, 7) is 4.36. The minimum atomic E-state index is -0.778. The topological polar surface area (TPSA) is 49.8 Å². The fourth-order valence-electron chi connectivity index (χ4n) is 2.24. The zero-order valence-electron chi connectivity index (χ0n) is 10.1. The SMILES string of the molecule is CCN(Cc1ccc(Cl)s1)C1COCC1C(=O)O. The van der Waals surface area contributed by atoms with Crippen LogP contribution < -0.4 is 0 Å². The number of ether oxygens (including phenoxy) is 1. The normalized spacial score (nSPS) is 23.7. The van der Waals surface area contributed by atoms with Gasteiger partial charge in [-0.3, -0.25) is 9.69 Å². The summed E-state index contributed by atoms with van der Waals surface area (Å²) in [5, 5.41) is 9.17. The predicted molar refractivity (Wildman–Crippen MR) is 71.1 cm³/mol. The van der Waals surface area contributed by atoms with Crippen LogP contribution in [0.3, 0.4) is 0 Å². The Kier molecular flexibility index (Phi) is 4.61. The first-order valence-electron chi connectivity index (χ1n) is 5.90. The molecule has 1 N–H and O–H groups in total. The van der Waals surface area contributed by atoms with Gasteiger partial charge in [0.05, 0.1) is 23.5 Å². The van der Waals surface area contributed by atoms with Crippen molar-refractivity contribution in [2.45, 2.75) is 19.5 Å². The molecule has 0 bridgehead atoms. The zero-order chi connectivity index (χ0) is 13.1. The molecule has 0 spiro atoms. The fraction of sp³-hybridized carbons (Fsp3) is 0.583. The van der Waals surface area contributed by atoms with Gasteiger partial charge in [-0.15, -0.1) is 11.3 Å². The maximum Gasteiger partial charge on any atom is 0.310 e. The van der Waals surface area contributed by atoms with Crippen LogP contribution in [0.15, 0.2) is 12.1 Å². The second-order valence-corrected chi connectivity index (χ2v) is 6.12. The second-order valence-electron chi connectivity index (χ2n) is 4.32. The van der Waals surface area contributed by atoms with Gasteiger partial charge in [-0.2, -0.15) is 0 Å². The van der Waals surface area contributed by atoms with E-state index >= 15 is 0 Å². The van der Waals surface area contributed by atoms with Crippen LogP contribution in [-0.2, 0) is 16.1 Å². The Hall–Kier alpha value is -0.620. The lowest BCUT2D eigenvalue weighted by Gasteiger charge is -2.28. The number of aliphatic carboxylic acids is 1. The molecule has 1 fully saturated rings. The van der Waals surface area contributed by atoms with Gasteiger partial charge in [-0.05, 0) is 18.7 Å². The molecule has 1 saturated heterocycles. The van der Waals surface area contributed by atoms with Gasteiger partial charge < -0.3 is 9.84 Å². The van der Waals surface area contributed by atoms with Crippen molar-refractivity contribution in [1.82, 2.24) is 4.90 Å². The number of likely N-dealkylation sites (N-methyl/N-ethyl adjacent to an activating group) is 1. The molecule has 1 aromatic rings. The highest BCUT2D eigenvalue weighted by Crippen LogP contribution is 2.26. The molecule has 6 heteroatoms. The van der Waals surface area contributed by atoms with Crippen molar-refractivity contribution in [2.75, 3.05) is 19.8 Å². The van der Waals surface area contributed by atoms with Crippen LogP contribution in [0.2, 0.25) is 4.34 Å². The number of halogens is 1. The van der Waals surface area contributed by atoms with Gasteiger partial charge in [-0.25, -0.2) is 0 Å². The van der Waals surface area contributed by atoms with Crippen LogP contribution in [0.1, 0.15) is 11.8 Å². The quantitative estimate of drug-likeness (QED) is 0.904. The zero-order valence-corrected chi connectivity index (χ0v) is 11.7. The Morgan fingerprint density at radius 1 is 1.61 bits per heavy atom. The average Bonchev–Trinajstić information content (AvgIpc) is 2.94. The van der Waals surface area contributed by atoms with Gasteiger partial charge >= 0.3 is 5.97 Å². The maximum absolute atomic E-state index is 11.2. The van der Waals surface area contributed by atoms with Crippen molar-refractivity contribution >= 4 is 28.9 Å². The van der Waals surface area contributed by atoms with E-state index in [1.807, 2.05) is 19.1 Å². The largest absolute Gasteiger partial charge is 0.481 e. The van der Waals surface area contributed by atoms with Crippen LogP contribution in [-0.4, -0.2) is 41.8 Å². The summed E-state index contributed by atoms with van der Waals surface area (Å²) in [4.78, 5) is 14.5. The molecule has 0 aliphatic carbocycles. The van der Waals surface area contributed by atoms with Crippen LogP contribution >= 0.6 is 22.9 Å². The number of nitrogens with zero attached hydrogens (tertiary/aromatic N) is 1. The highest BCUT2D eigenvalue weighted by atomic mass is 35.5. The van der Waals surface area contributed by atoms with Gasteiger partial charge in [0.15, 0.2) is 0 Å². The molecule has 2 rings (SSSR count). The van der Waals surface area contributed by atoms with Crippen LogP contribution in [0, 0.1) is 5.92 Å². The lowest BCUT2D eigenvalue weighted by molar-refractivity contribution is -0.143. The van der Waals surface area contributed by atoms with Gasteiger partial charge in [0.1, 0.15) is 0 Å². The standard InChI is InChI=1S/C12H16ClNO3S/c1-2-14(5-8-3-4-11(13)18-8)10-7-17-6-9(10)12(15)16/h3-4,9-10H,2,5-7H2,1H3,(H,15,16). The number of hydrogen-bond acceptors (Lipinski definition) is 4. The molecule has 18 heavy (non-hydrogen) atoms. The van der Waals surface area contributed by atoms with Crippen molar-refractivity contribution in [3.63, 3.8) is 0 Å².